The van der Waals surface area contributed by atoms with Crippen molar-refractivity contribution in [3.05, 3.63) is 35.4 Å². The largest absolute Gasteiger partial charge is 0.462 e. The van der Waals surface area contributed by atoms with Crippen LogP contribution < -0.4 is 5.32 Å². The summed E-state index contributed by atoms with van der Waals surface area (Å²) in [7, 11) is 0. The molecule has 1 saturated carbocycles. The molecule has 2 rings (SSSR count). The number of hydrogen-bond donors (Lipinski definition) is 1. The van der Waals surface area contributed by atoms with Crippen LogP contribution in [0.5, 0.6) is 0 Å². The molecule has 0 bridgehead atoms. The van der Waals surface area contributed by atoms with Crippen molar-refractivity contribution in [2.24, 2.45) is 0 Å². The van der Waals surface area contributed by atoms with Crippen molar-refractivity contribution < 1.29 is 14.3 Å². The van der Waals surface area contributed by atoms with Gasteiger partial charge in [0.2, 0.25) is 0 Å². The Balaban J connectivity index is 1.79. The van der Waals surface area contributed by atoms with Crippen LogP contribution in [0.3, 0.4) is 0 Å². The van der Waals surface area contributed by atoms with Gasteiger partial charge >= 0.3 is 5.97 Å². The molecule has 0 aromatic heterocycles. The van der Waals surface area contributed by atoms with E-state index < -0.39 is 0 Å². The molecule has 0 spiro atoms. The Bertz CT molecular complexity index is 531. The van der Waals surface area contributed by atoms with Crippen molar-refractivity contribution in [1.82, 2.24) is 5.32 Å². The maximum atomic E-state index is 12.4. The zero-order valence-electron chi connectivity index (χ0n) is 15.4. The highest BCUT2D eigenvalue weighted by Crippen LogP contribution is 2.18. The van der Waals surface area contributed by atoms with Gasteiger partial charge in [-0.3, -0.25) is 4.79 Å². The van der Waals surface area contributed by atoms with Crippen molar-refractivity contribution in [1.29, 1.82) is 0 Å². The van der Waals surface area contributed by atoms with E-state index in [1.807, 2.05) is 0 Å². The van der Waals surface area contributed by atoms with Crippen molar-refractivity contribution in [2.75, 3.05) is 6.61 Å². The average molecular weight is 345 g/mol. The summed E-state index contributed by atoms with van der Waals surface area (Å²) in [5.74, 6) is -0.362. The summed E-state index contributed by atoms with van der Waals surface area (Å²) in [6.45, 7) is 2.61. The predicted molar refractivity (Wildman–Crippen MR) is 99.8 cm³/mol. The monoisotopic (exact) mass is 345 g/mol. The standard InChI is InChI=1S/C21H31NO3/c1-2-3-4-9-16-25-21(24)18-14-12-17(13-15-18)20(23)22-19-10-7-5-6-8-11-19/h12-15,19H,2-11,16H2,1H3,(H,22,23). The van der Waals surface area contributed by atoms with Crippen molar-refractivity contribution in [3.8, 4) is 0 Å². The lowest BCUT2D eigenvalue weighted by atomic mass is 10.1. The predicted octanol–water partition coefficient (Wildman–Crippen LogP) is 4.88. The number of nitrogens with one attached hydrogen (secondary N) is 1. The molecule has 4 heteroatoms. The molecule has 1 aromatic rings. The molecule has 1 aromatic carbocycles. The number of esters is 1. The number of carbonyl (C=O) groups is 2. The normalized spacial score (nSPS) is 15.4. The first kappa shape index (κ1) is 19.5. The number of benzene rings is 1. The number of rotatable bonds is 8. The summed E-state index contributed by atoms with van der Waals surface area (Å²) in [6, 6.07) is 7.05. The van der Waals surface area contributed by atoms with E-state index in [-0.39, 0.29) is 17.9 Å². The molecule has 0 unspecified atom stereocenters. The SMILES string of the molecule is CCCCCCOC(=O)c1ccc(C(=O)NC2CCCCCC2)cc1. The topological polar surface area (TPSA) is 55.4 Å². The molecule has 0 aliphatic heterocycles. The minimum Gasteiger partial charge on any atom is -0.462 e. The highest BCUT2D eigenvalue weighted by Gasteiger charge is 2.16. The number of carbonyl (C=O) groups excluding carboxylic acids is 2. The van der Waals surface area contributed by atoms with Crippen molar-refractivity contribution >= 4 is 11.9 Å². The number of ether oxygens (including phenoxy) is 1. The van der Waals surface area contributed by atoms with Gasteiger partial charge in [0.25, 0.3) is 5.91 Å². The quantitative estimate of drug-likeness (QED) is 0.415. The van der Waals surface area contributed by atoms with Crippen LogP contribution in [0.1, 0.15) is 91.8 Å². The lowest BCUT2D eigenvalue weighted by Crippen LogP contribution is -2.34. The second kappa shape index (κ2) is 10.9. The van der Waals surface area contributed by atoms with Gasteiger partial charge in [0.05, 0.1) is 12.2 Å². The van der Waals surface area contributed by atoms with Crippen LogP contribution in [-0.4, -0.2) is 24.5 Å². The van der Waals surface area contributed by atoms with Crippen LogP contribution in [0.2, 0.25) is 0 Å². The van der Waals surface area contributed by atoms with E-state index in [0.717, 1.165) is 25.7 Å². The Kier molecular flexibility index (Phi) is 8.50. The van der Waals surface area contributed by atoms with Crippen molar-refractivity contribution in [3.63, 3.8) is 0 Å². The molecule has 1 aliphatic rings. The highest BCUT2D eigenvalue weighted by atomic mass is 16.5. The van der Waals surface area contributed by atoms with Gasteiger partial charge in [-0.2, -0.15) is 0 Å². The fourth-order valence-corrected chi connectivity index (χ4v) is 3.23. The van der Waals surface area contributed by atoms with Gasteiger partial charge in [-0.15, -0.1) is 0 Å². The molecule has 1 fully saturated rings. The van der Waals surface area contributed by atoms with Gasteiger partial charge < -0.3 is 10.1 Å². The Morgan fingerprint density at radius 3 is 2.24 bits per heavy atom. The third-order valence-corrected chi connectivity index (χ3v) is 4.80. The zero-order valence-corrected chi connectivity index (χ0v) is 15.4. The Morgan fingerprint density at radius 2 is 1.60 bits per heavy atom. The lowest BCUT2D eigenvalue weighted by Gasteiger charge is -2.16. The molecule has 0 heterocycles. The molecule has 4 nitrogen and oxygen atoms in total. The highest BCUT2D eigenvalue weighted by molar-refractivity contribution is 5.96. The lowest BCUT2D eigenvalue weighted by molar-refractivity contribution is 0.0497. The summed E-state index contributed by atoms with van der Waals surface area (Å²) in [5.41, 5.74) is 1.10. The Hall–Kier alpha value is -1.84. The molecule has 138 valence electrons. The van der Waals surface area contributed by atoms with Crippen LogP contribution in [-0.2, 0) is 4.74 Å². The maximum absolute atomic E-state index is 12.4. The maximum Gasteiger partial charge on any atom is 0.338 e. The van der Waals surface area contributed by atoms with Gasteiger partial charge in [0.1, 0.15) is 0 Å². The first-order valence-electron chi connectivity index (χ1n) is 9.78. The van der Waals surface area contributed by atoms with Gasteiger partial charge in [0, 0.05) is 11.6 Å². The van der Waals surface area contributed by atoms with Gasteiger partial charge in [-0.25, -0.2) is 4.79 Å². The summed E-state index contributed by atoms with van der Waals surface area (Å²) in [6.07, 6.45) is 11.4. The van der Waals surface area contributed by atoms with Crippen molar-refractivity contribution in [2.45, 2.75) is 77.2 Å². The molecule has 0 saturated heterocycles. The van der Waals surface area contributed by atoms with Crippen LogP contribution in [0.4, 0.5) is 0 Å². The van der Waals surface area contributed by atoms with E-state index in [1.54, 1.807) is 24.3 Å². The average Bonchev–Trinajstić information content (AvgIpc) is 2.90. The molecule has 25 heavy (non-hydrogen) atoms. The zero-order chi connectivity index (χ0) is 17.9. The van der Waals surface area contributed by atoms with E-state index in [4.69, 9.17) is 4.74 Å². The van der Waals surface area contributed by atoms with Crippen LogP contribution in [0.25, 0.3) is 0 Å². The fourth-order valence-electron chi connectivity index (χ4n) is 3.23. The fraction of sp³-hybridized carbons (Fsp3) is 0.619. The summed E-state index contributed by atoms with van der Waals surface area (Å²) < 4.78 is 5.27. The third-order valence-electron chi connectivity index (χ3n) is 4.80. The molecule has 1 aliphatic carbocycles. The third kappa shape index (κ3) is 6.89. The summed E-state index contributed by atoms with van der Waals surface area (Å²) >= 11 is 0. The van der Waals surface area contributed by atoms with E-state index in [9.17, 15) is 9.59 Å². The second-order valence-corrected chi connectivity index (χ2v) is 6.94. The summed E-state index contributed by atoms with van der Waals surface area (Å²) in [4.78, 5) is 24.3. The summed E-state index contributed by atoms with van der Waals surface area (Å²) in [5, 5.41) is 3.12. The molecule has 1 N–H and O–H groups in total. The Labute approximate surface area is 151 Å². The molecule has 1 amide bonds. The van der Waals surface area contributed by atoms with Gasteiger partial charge in [-0.1, -0.05) is 51.9 Å². The second-order valence-electron chi connectivity index (χ2n) is 6.94. The number of hydrogen-bond acceptors (Lipinski definition) is 3. The van der Waals surface area contributed by atoms with Gasteiger partial charge in [0.15, 0.2) is 0 Å². The minimum atomic E-state index is -0.313. The van der Waals surface area contributed by atoms with Crippen LogP contribution in [0, 0.1) is 0 Å². The number of unbranched alkanes of at least 4 members (excludes halogenated alkanes) is 3. The number of amides is 1. The van der Waals surface area contributed by atoms with Crippen LogP contribution >= 0.6 is 0 Å². The minimum absolute atomic E-state index is 0.0496. The van der Waals surface area contributed by atoms with E-state index >= 15 is 0 Å². The molecular formula is C21H31NO3. The first-order chi connectivity index (χ1) is 12.2. The molecule has 0 radical (unpaired) electrons. The molecular weight excluding hydrogens is 314 g/mol. The van der Waals surface area contributed by atoms with Gasteiger partial charge in [-0.05, 0) is 43.5 Å². The van der Waals surface area contributed by atoms with E-state index in [0.29, 0.717) is 17.7 Å². The van der Waals surface area contributed by atoms with Crippen LogP contribution in [0.15, 0.2) is 24.3 Å². The first-order valence-corrected chi connectivity index (χ1v) is 9.78. The smallest absolute Gasteiger partial charge is 0.338 e. The van der Waals surface area contributed by atoms with E-state index in [2.05, 4.69) is 12.2 Å². The Morgan fingerprint density at radius 1 is 0.960 bits per heavy atom. The molecule has 0 atom stereocenters. The van der Waals surface area contributed by atoms with E-state index in [1.165, 1.54) is 38.5 Å².